The summed E-state index contributed by atoms with van der Waals surface area (Å²) in [5.74, 6) is 0.932. The zero-order valence-corrected chi connectivity index (χ0v) is 10.2. The number of hydrogen-bond donors (Lipinski definition) is 2. The minimum atomic E-state index is 0. The molecule has 0 aliphatic carbocycles. The molecule has 0 spiro atoms. The Morgan fingerprint density at radius 1 is 1.40 bits per heavy atom. The van der Waals surface area contributed by atoms with E-state index in [1.54, 1.807) is 6.33 Å². The number of anilines is 1. The molecular weight excluding hydrogens is 235 g/mol. The zero-order valence-electron chi connectivity index (χ0n) is 8.56. The summed E-state index contributed by atoms with van der Waals surface area (Å²) < 4.78 is 0. The van der Waals surface area contributed by atoms with Crippen molar-refractivity contribution in [3.8, 4) is 0 Å². The fourth-order valence-electron chi connectivity index (χ4n) is 1.52. The van der Waals surface area contributed by atoms with E-state index in [2.05, 4.69) is 20.6 Å². The summed E-state index contributed by atoms with van der Waals surface area (Å²) >= 11 is 0. The third-order valence-electron chi connectivity index (χ3n) is 2.22. The first kappa shape index (κ1) is 14.4. The van der Waals surface area contributed by atoms with E-state index >= 15 is 0 Å². The molecule has 0 unspecified atom stereocenters. The molecule has 2 N–H and O–H groups in total. The summed E-state index contributed by atoms with van der Waals surface area (Å²) in [5, 5.41) is 6.67. The zero-order chi connectivity index (χ0) is 9.10. The predicted octanol–water partition coefficient (Wildman–Crippen LogP) is 1.40. The number of halogens is 2. The van der Waals surface area contributed by atoms with Gasteiger partial charge >= 0.3 is 0 Å². The van der Waals surface area contributed by atoms with Gasteiger partial charge in [0, 0.05) is 24.3 Å². The van der Waals surface area contributed by atoms with Gasteiger partial charge in [-0.05, 0) is 19.9 Å². The van der Waals surface area contributed by atoms with Gasteiger partial charge in [-0.3, -0.25) is 0 Å². The molecule has 0 saturated carbocycles. The lowest BCUT2D eigenvalue weighted by atomic mass is 10.2. The SMILES string of the molecule is Cc1cc(N[C@@H]2CCNC2)ncn1.Cl.Cl. The molecule has 1 fully saturated rings. The summed E-state index contributed by atoms with van der Waals surface area (Å²) in [6, 6.07) is 2.49. The number of rotatable bonds is 2. The van der Waals surface area contributed by atoms with Crippen molar-refractivity contribution in [2.45, 2.75) is 19.4 Å². The summed E-state index contributed by atoms with van der Waals surface area (Å²) in [4.78, 5) is 8.20. The van der Waals surface area contributed by atoms with Crippen molar-refractivity contribution < 1.29 is 0 Å². The van der Waals surface area contributed by atoms with Crippen LogP contribution < -0.4 is 10.6 Å². The van der Waals surface area contributed by atoms with E-state index in [9.17, 15) is 0 Å². The van der Waals surface area contributed by atoms with Gasteiger partial charge in [0.05, 0.1) is 0 Å². The van der Waals surface area contributed by atoms with Crippen LogP contribution in [0.5, 0.6) is 0 Å². The Bertz CT molecular complexity index is 289. The largest absolute Gasteiger partial charge is 0.366 e. The summed E-state index contributed by atoms with van der Waals surface area (Å²) in [6.07, 6.45) is 2.77. The molecule has 1 aromatic rings. The second-order valence-electron chi connectivity index (χ2n) is 3.38. The lowest BCUT2D eigenvalue weighted by Gasteiger charge is -2.11. The number of nitrogens with zero attached hydrogens (tertiary/aromatic N) is 2. The average Bonchev–Trinajstić information content (AvgIpc) is 2.57. The molecule has 0 amide bonds. The van der Waals surface area contributed by atoms with Gasteiger partial charge in [0.15, 0.2) is 0 Å². The van der Waals surface area contributed by atoms with E-state index in [0.717, 1.165) is 24.6 Å². The monoisotopic (exact) mass is 250 g/mol. The van der Waals surface area contributed by atoms with Crippen LogP contribution in [0, 0.1) is 6.92 Å². The first-order chi connectivity index (χ1) is 6.34. The van der Waals surface area contributed by atoms with E-state index in [0.29, 0.717) is 6.04 Å². The van der Waals surface area contributed by atoms with E-state index in [-0.39, 0.29) is 24.8 Å². The van der Waals surface area contributed by atoms with Crippen LogP contribution in [-0.2, 0) is 0 Å². The van der Waals surface area contributed by atoms with E-state index in [1.165, 1.54) is 6.42 Å². The van der Waals surface area contributed by atoms with Gasteiger partial charge in [-0.2, -0.15) is 0 Å². The van der Waals surface area contributed by atoms with Crippen molar-refractivity contribution in [3.05, 3.63) is 18.1 Å². The number of nitrogens with one attached hydrogen (secondary N) is 2. The highest BCUT2D eigenvalue weighted by molar-refractivity contribution is 5.85. The molecule has 4 nitrogen and oxygen atoms in total. The maximum atomic E-state index is 4.15. The number of hydrogen-bond acceptors (Lipinski definition) is 4. The molecule has 1 aliphatic rings. The highest BCUT2D eigenvalue weighted by Crippen LogP contribution is 2.08. The molecule has 1 saturated heterocycles. The molecule has 1 aliphatic heterocycles. The van der Waals surface area contributed by atoms with Gasteiger partial charge in [0.2, 0.25) is 0 Å². The molecule has 6 heteroatoms. The minimum absolute atomic E-state index is 0. The molecule has 0 aromatic carbocycles. The highest BCUT2D eigenvalue weighted by Gasteiger charge is 2.13. The summed E-state index contributed by atoms with van der Waals surface area (Å²) in [7, 11) is 0. The number of aromatic nitrogens is 2. The maximum Gasteiger partial charge on any atom is 0.129 e. The number of aryl methyl sites for hydroxylation is 1. The topological polar surface area (TPSA) is 49.8 Å². The molecule has 1 atom stereocenters. The molecule has 2 heterocycles. The second-order valence-corrected chi connectivity index (χ2v) is 3.38. The van der Waals surface area contributed by atoms with Crippen molar-refractivity contribution in [2.75, 3.05) is 18.4 Å². The highest BCUT2D eigenvalue weighted by atomic mass is 35.5. The second kappa shape index (κ2) is 6.82. The third-order valence-corrected chi connectivity index (χ3v) is 2.22. The lowest BCUT2D eigenvalue weighted by molar-refractivity contribution is 0.786. The average molecular weight is 251 g/mol. The molecule has 0 radical (unpaired) electrons. The van der Waals surface area contributed by atoms with Crippen LogP contribution in [0.25, 0.3) is 0 Å². The van der Waals surface area contributed by atoms with Crippen molar-refractivity contribution in [3.63, 3.8) is 0 Å². The minimum Gasteiger partial charge on any atom is -0.366 e. The van der Waals surface area contributed by atoms with Crippen molar-refractivity contribution in [1.82, 2.24) is 15.3 Å². The van der Waals surface area contributed by atoms with Gasteiger partial charge in [0.1, 0.15) is 12.1 Å². The molecule has 86 valence electrons. The van der Waals surface area contributed by atoms with E-state index in [1.807, 2.05) is 13.0 Å². The first-order valence-electron chi connectivity index (χ1n) is 4.60. The van der Waals surface area contributed by atoms with E-state index in [4.69, 9.17) is 0 Å². The lowest BCUT2D eigenvalue weighted by Crippen LogP contribution is -2.22. The Balaban J connectivity index is 0.000000980. The van der Waals surface area contributed by atoms with Gasteiger partial charge in [-0.25, -0.2) is 9.97 Å². The molecule has 1 aromatic heterocycles. The molecule has 0 bridgehead atoms. The van der Waals surface area contributed by atoms with Crippen LogP contribution >= 0.6 is 24.8 Å². The van der Waals surface area contributed by atoms with Crippen LogP contribution in [0.15, 0.2) is 12.4 Å². The van der Waals surface area contributed by atoms with Crippen LogP contribution in [0.2, 0.25) is 0 Å². The van der Waals surface area contributed by atoms with Gasteiger partial charge in [0.25, 0.3) is 0 Å². The van der Waals surface area contributed by atoms with Crippen molar-refractivity contribution >= 4 is 30.6 Å². The molecule has 2 rings (SSSR count). The summed E-state index contributed by atoms with van der Waals surface area (Å²) in [5.41, 5.74) is 1.00. The first-order valence-corrected chi connectivity index (χ1v) is 4.60. The predicted molar refractivity (Wildman–Crippen MR) is 66.2 cm³/mol. The fraction of sp³-hybridized carbons (Fsp3) is 0.556. The van der Waals surface area contributed by atoms with Crippen LogP contribution in [0.1, 0.15) is 12.1 Å². The normalized spacial score (nSPS) is 18.9. The van der Waals surface area contributed by atoms with Crippen LogP contribution in [0.4, 0.5) is 5.82 Å². The Labute approximate surface area is 102 Å². The van der Waals surface area contributed by atoms with Crippen LogP contribution in [0.3, 0.4) is 0 Å². The quantitative estimate of drug-likeness (QED) is 0.834. The van der Waals surface area contributed by atoms with Crippen LogP contribution in [-0.4, -0.2) is 29.1 Å². The third kappa shape index (κ3) is 4.20. The van der Waals surface area contributed by atoms with Gasteiger partial charge in [-0.15, -0.1) is 24.8 Å². The Hall–Kier alpha value is -0.580. The Morgan fingerprint density at radius 3 is 2.80 bits per heavy atom. The standard InChI is InChI=1S/C9H14N4.2ClH/c1-7-4-9(12-6-11-7)13-8-2-3-10-5-8;;/h4,6,8,10H,2-3,5H2,1H3,(H,11,12,13);2*1H/t8-;;/m1../s1. The van der Waals surface area contributed by atoms with E-state index < -0.39 is 0 Å². The maximum absolute atomic E-state index is 4.15. The fourth-order valence-corrected chi connectivity index (χ4v) is 1.52. The summed E-state index contributed by atoms with van der Waals surface area (Å²) in [6.45, 7) is 4.10. The Kier molecular flexibility index (Phi) is 6.56. The molecular formula is C9H16Cl2N4. The van der Waals surface area contributed by atoms with Gasteiger partial charge < -0.3 is 10.6 Å². The molecule has 15 heavy (non-hydrogen) atoms. The smallest absolute Gasteiger partial charge is 0.129 e. The van der Waals surface area contributed by atoms with Crippen molar-refractivity contribution in [1.29, 1.82) is 0 Å². The van der Waals surface area contributed by atoms with Gasteiger partial charge in [-0.1, -0.05) is 0 Å². The Morgan fingerprint density at radius 2 is 2.20 bits per heavy atom. The van der Waals surface area contributed by atoms with Crippen molar-refractivity contribution in [2.24, 2.45) is 0 Å².